The highest BCUT2D eigenvalue weighted by atomic mass is 32.2. The zero-order valence-electron chi connectivity index (χ0n) is 19.8. The quantitative estimate of drug-likeness (QED) is 0.490. The molecule has 0 saturated heterocycles. The van der Waals surface area contributed by atoms with Gasteiger partial charge in [0.15, 0.2) is 0 Å². The molecule has 0 aromatic heterocycles. The predicted octanol–water partition coefficient (Wildman–Crippen LogP) is 4.16. The third-order valence-corrected chi connectivity index (χ3v) is 6.94. The molecule has 0 spiro atoms. The van der Waals surface area contributed by atoms with Crippen LogP contribution < -0.4 is 23.8 Å². The lowest BCUT2D eigenvalue weighted by Gasteiger charge is -2.25. The van der Waals surface area contributed by atoms with Gasteiger partial charge in [-0.1, -0.05) is 18.2 Å². The van der Waals surface area contributed by atoms with Crippen molar-refractivity contribution in [3.63, 3.8) is 0 Å². The third kappa shape index (κ3) is 5.43. The number of carbonyl (C=O) groups is 1. The Balaban J connectivity index is 2.06. The molecule has 0 atom stereocenters. The molecule has 0 aliphatic carbocycles. The molecule has 1 N–H and O–H groups in total. The number of sulfonamides is 1. The number of aryl methyl sites for hydroxylation is 2. The molecule has 3 rings (SSSR count). The molecule has 0 aliphatic rings. The summed E-state index contributed by atoms with van der Waals surface area (Å²) in [7, 11) is 0.186. The zero-order chi connectivity index (χ0) is 24.9. The van der Waals surface area contributed by atoms with E-state index in [1.165, 1.54) is 27.4 Å². The van der Waals surface area contributed by atoms with Crippen LogP contribution in [-0.2, 0) is 14.8 Å². The number of nitrogens with one attached hydrogen (secondary N) is 1. The van der Waals surface area contributed by atoms with Crippen molar-refractivity contribution in [1.82, 2.24) is 0 Å². The summed E-state index contributed by atoms with van der Waals surface area (Å²) in [6, 6.07) is 16.7. The van der Waals surface area contributed by atoms with E-state index in [0.29, 0.717) is 17.2 Å². The van der Waals surface area contributed by atoms with E-state index in [9.17, 15) is 13.2 Å². The summed E-state index contributed by atoms with van der Waals surface area (Å²) >= 11 is 0. The van der Waals surface area contributed by atoms with E-state index in [0.717, 1.165) is 15.4 Å². The Bertz CT molecular complexity index is 1290. The zero-order valence-corrected chi connectivity index (χ0v) is 20.6. The van der Waals surface area contributed by atoms with Crippen molar-refractivity contribution in [3.05, 3.63) is 71.8 Å². The van der Waals surface area contributed by atoms with Crippen LogP contribution in [0.1, 0.15) is 11.1 Å². The van der Waals surface area contributed by atoms with Crippen LogP contribution in [0.3, 0.4) is 0 Å². The molecule has 180 valence electrons. The number of anilines is 2. The highest BCUT2D eigenvalue weighted by molar-refractivity contribution is 7.93. The lowest BCUT2D eigenvalue weighted by atomic mass is 10.2. The predicted molar refractivity (Wildman–Crippen MR) is 132 cm³/mol. The van der Waals surface area contributed by atoms with Crippen LogP contribution in [-0.4, -0.2) is 42.2 Å². The first-order valence-corrected chi connectivity index (χ1v) is 11.9. The number of benzene rings is 3. The standard InChI is InChI=1S/C25H28N2O6S/c1-17-9-11-22(32-4)21(13-17)26-25(28)16-27(19-7-6-8-20(15-19)31-3)34(29,30)24-14-18(2)10-12-23(24)33-5/h6-15H,16H2,1-5H3,(H,26,28). The smallest absolute Gasteiger partial charge is 0.268 e. The van der Waals surface area contributed by atoms with Gasteiger partial charge in [0.1, 0.15) is 28.7 Å². The normalized spacial score (nSPS) is 11.0. The fraction of sp³-hybridized carbons (Fsp3) is 0.240. The second kappa shape index (κ2) is 10.5. The van der Waals surface area contributed by atoms with Crippen molar-refractivity contribution >= 4 is 27.3 Å². The molecule has 1 amide bonds. The van der Waals surface area contributed by atoms with E-state index >= 15 is 0 Å². The minimum Gasteiger partial charge on any atom is -0.497 e. The molecule has 0 saturated carbocycles. The van der Waals surface area contributed by atoms with Crippen molar-refractivity contribution in [2.75, 3.05) is 37.5 Å². The highest BCUT2D eigenvalue weighted by Crippen LogP contribution is 2.32. The molecule has 0 unspecified atom stereocenters. The van der Waals surface area contributed by atoms with Gasteiger partial charge >= 0.3 is 0 Å². The van der Waals surface area contributed by atoms with Crippen LogP contribution >= 0.6 is 0 Å². The second-order valence-corrected chi connectivity index (χ2v) is 9.45. The Hall–Kier alpha value is -3.72. The summed E-state index contributed by atoms with van der Waals surface area (Å²) in [4.78, 5) is 13.1. The molecule has 0 fully saturated rings. The number of ether oxygens (including phenoxy) is 3. The first-order valence-electron chi connectivity index (χ1n) is 10.5. The molecule has 0 heterocycles. The average molecular weight is 485 g/mol. The Morgan fingerprint density at radius 1 is 0.853 bits per heavy atom. The van der Waals surface area contributed by atoms with Gasteiger partial charge in [0.2, 0.25) is 5.91 Å². The van der Waals surface area contributed by atoms with Gasteiger partial charge in [-0.2, -0.15) is 0 Å². The number of hydrogen-bond donors (Lipinski definition) is 1. The average Bonchev–Trinajstić information content (AvgIpc) is 2.82. The van der Waals surface area contributed by atoms with Gasteiger partial charge in [0.05, 0.1) is 32.7 Å². The van der Waals surface area contributed by atoms with Crippen molar-refractivity contribution < 1.29 is 27.4 Å². The van der Waals surface area contributed by atoms with Crippen LogP contribution in [0.25, 0.3) is 0 Å². The van der Waals surface area contributed by atoms with Crippen LogP contribution in [0, 0.1) is 13.8 Å². The van der Waals surface area contributed by atoms with Crippen molar-refractivity contribution in [3.8, 4) is 17.2 Å². The summed E-state index contributed by atoms with van der Waals surface area (Å²) in [6.07, 6.45) is 0. The first-order chi connectivity index (χ1) is 16.2. The number of hydrogen-bond acceptors (Lipinski definition) is 6. The molecule has 3 aromatic rings. The second-order valence-electron chi connectivity index (χ2n) is 7.62. The molecule has 0 aliphatic heterocycles. The van der Waals surface area contributed by atoms with E-state index in [1.54, 1.807) is 55.5 Å². The summed E-state index contributed by atoms with van der Waals surface area (Å²) in [5, 5.41) is 2.76. The van der Waals surface area contributed by atoms with E-state index in [1.807, 2.05) is 13.0 Å². The van der Waals surface area contributed by atoms with E-state index < -0.39 is 22.5 Å². The monoisotopic (exact) mass is 484 g/mol. The fourth-order valence-corrected chi connectivity index (χ4v) is 5.08. The number of carbonyl (C=O) groups excluding carboxylic acids is 1. The number of methoxy groups -OCH3 is 3. The van der Waals surface area contributed by atoms with Gasteiger partial charge in [-0.25, -0.2) is 8.42 Å². The van der Waals surface area contributed by atoms with Gasteiger partial charge in [0, 0.05) is 6.07 Å². The molecule has 0 bridgehead atoms. The highest BCUT2D eigenvalue weighted by Gasteiger charge is 2.30. The maximum absolute atomic E-state index is 13.8. The largest absolute Gasteiger partial charge is 0.497 e. The van der Waals surface area contributed by atoms with Crippen LogP contribution in [0.4, 0.5) is 11.4 Å². The molecule has 9 heteroatoms. The molecule has 8 nitrogen and oxygen atoms in total. The lowest BCUT2D eigenvalue weighted by Crippen LogP contribution is -2.38. The van der Waals surface area contributed by atoms with Crippen LogP contribution in [0.15, 0.2) is 65.6 Å². The number of amides is 1. The van der Waals surface area contributed by atoms with Crippen LogP contribution in [0.5, 0.6) is 17.2 Å². The summed E-state index contributed by atoms with van der Waals surface area (Å²) < 4.78 is 44.6. The van der Waals surface area contributed by atoms with E-state index in [-0.39, 0.29) is 16.3 Å². The Labute approximate surface area is 200 Å². The van der Waals surface area contributed by atoms with Crippen molar-refractivity contribution in [1.29, 1.82) is 0 Å². The maximum Gasteiger partial charge on any atom is 0.268 e. The molecule has 0 radical (unpaired) electrons. The number of nitrogens with zero attached hydrogens (tertiary/aromatic N) is 1. The Morgan fingerprint density at radius 2 is 1.50 bits per heavy atom. The van der Waals surface area contributed by atoms with E-state index in [4.69, 9.17) is 14.2 Å². The van der Waals surface area contributed by atoms with Gasteiger partial charge in [-0.3, -0.25) is 9.10 Å². The summed E-state index contributed by atoms with van der Waals surface area (Å²) in [5.74, 6) is 0.561. The number of rotatable bonds is 9. The Kier molecular flexibility index (Phi) is 7.68. The van der Waals surface area contributed by atoms with E-state index in [2.05, 4.69) is 5.32 Å². The lowest BCUT2D eigenvalue weighted by molar-refractivity contribution is -0.114. The minimum atomic E-state index is -4.19. The van der Waals surface area contributed by atoms with Gasteiger partial charge < -0.3 is 19.5 Å². The third-order valence-electron chi connectivity index (χ3n) is 5.14. The maximum atomic E-state index is 13.8. The molecule has 3 aromatic carbocycles. The minimum absolute atomic E-state index is 0.0428. The Morgan fingerprint density at radius 3 is 2.15 bits per heavy atom. The van der Waals surface area contributed by atoms with Gasteiger partial charge in [-0.05, 0) is 61.4 Å². The van der Waals surface area contributed by atoms with Crippen molar-refractivity contribution in [2.45, 2.75) is 18.7 Å². The van der Waals surface area contributed by atoms with Gasteiger partial charge in [-0.15, -0.1) is 0 Å². The summed E-state index contributed by atoms with van der Waals surface area (Å²) in [6.45, 7) is 3.18. The van der Waals surface area contributed by atoms with Crippen LogP contribution in [0.2, 0.25) is 0 Å². The van der Waals surface area contributed by atoms with Gasteiger partial charge in [0.25, 0.3) is 10.0 Å². The molecule has 34 heavy (non-hydrogen) atoms. The topological polar surface area (TPSA) is 94.2 Å². The van der Waals surface area contributed by atoms with Crippen molar-refractivity contribution in [2.24, 2.45) is 0 Å². The first kappa shape index (κ1) is 24.9. The summed E-state index contributed by atoms with van der Waals surface area (Å²) in [5.41, 5.74) is 2.37. The SMILES string of the molecule is COc1cccc(N(CC(=O)Nc2cc(C)ccc2OC)S(=O)(=O)c2cc(C)ccc2OC)c1. The fourth-order valence-electron chi connectivity index (χ4n) is 3.42. The molecular weight excluding hydrogens is 456 g/mol. The molecular formula is C25H28N2O6S.